The Morgan fingerprint density at radius 3 is 2.42 bits per heavy atom. The Hall–Kier alpha value is -2.58. The first-order valence-electron chi connectivity index (χ1n) is 12.5. The van der Waals surface area contributed by atoms with Crippen molar-refractivity contribution < 1.29 is 14.6 Å². The molecule has 2 saturated heterocycles. The highest BCUT2D eigenvalue weighted by Gasteiger charge is 2.42. The van der Waals surface area contributed by atoms with E-state index < -0.39 is 5.97 Å². The van der Waals surface area contributed by atoms with Gasteiger partial charge >= 0.3 is 5.97 Å². The molecule has 4 rings (SSSR count). The molecule has 4 atom stereocenters. The number of piperidine rings is 2. The van der Waals surface area contributed by atoms with E-state index in [1.165, 1.54) is 12.0 Å². The van der Waals surface area contributed by atoms with E-state index >= 15 is 0 Å². The third-order valence-electron chi connectivity index (χ3n) is 7.85. The van der Waals surface area contributed by atoms with Crippen molar-refractivity contribution >= 4 is 16.7 Å². The van der Waals surface area contributed by atoms with Gasteiger partial charge in [0.15, 0.2) is 0 Å². The highest BCUT2D eigenvalue weighted by atomic mass is 16.5. The van der Waals surface area contributed by atoms with Crippen LogP contribution in [-0.2, 0) is 4.79 Å². The zero-order chi connectivity index (χ0) is 23.7. The van der Waals surface area contributed by atoms with Crippen molar-refractivity contribution in [1.29, 1.82) is 5.26 Å². The molecule has 1 N–H and O–H groups in total. The number of carboxylic acids is 1. The summed E-state index contributed by atoms with van der Waals surface area (Å²) in [7, 11) is 0. The van der Waals surface area contributed by atoms with Gasteiger partial charge in [0.05, 0.1) is 5.92 Å². The molecule has 5 nitrogen and oxygen atoms in total. The van der Waals surface area contributed by atoms with Crippen LogP contribution in [0.2, 0.25) is 0 Å². The molecular formula is C28H36N2O3. The van der Waals surface area contributed by atoms with Gasteiger partial charge in [-0.1, -0.05) is 45.4 Å². The normalized spacial score (nSPS) is 24.9. The number of rotatable bonds is 7. The summed E-state index contributed by atoms with van der Waals surface area (Å²) in [6.45, 7) is 8.63. The van der Waals surface area contributed by atoms with Crippen LogP contribution in [0.15, 0.2) is 30.3 Å². The Morgan fingerprint density at radius 2 is 1.85 bits per heavy atom. The predicted octanol–water partition coefficient (Wildman–Crippen LogP) is 6.30. The topological polar surface area (TPSA) is 73.6 Å². The number of nitriles is 1. The first kappa shape index (κ1) is 23.6. The smallest absolute Gasteiger partial charge is 0.306 e. The fourth-order valence-corrected chi connectivity index (χ4v) is 6.07. The summed E-state index contributed by atoms with van der Waals surface area (Å²) < 4.78 is 6.28. The maximum atomic E-state index is 11.7. The van der Waals surface area contributed by atoms with Crippen molar-refractivity contribution in [2.45, 2.75) is 90.4 Å². The number of ether oxygens (including phenoxy) is 1. The minimum atomic E-state index is -0.650. The fourth-order valence-electron chi connectivity index (χ4n) is 6.07. The first-order valence-corrected chi connectivity index (χ1v) is 12.5. The van der Waals surface area contributed by atoms with Crippen LogP contribution in [0.4, 0.5) is 0 Å². The lowest BCUT2D eigenvalue weighted by molar-refractivity contribution is -0.147. The second kappa shape index (κ2) is 9.73. The molecule has 2 aromatic rings. The zero-order valence-corrected chi connectivity index (χ0v) is 20.3. The van der Waals surface area contributed by atoms with Gasteiger partial charge < -0.3 is 9.84 Å². The SMILES string of the molecule is CCC(Oc1ccc2ccc(C(C)N3C4CCCC3CC(C(=O)O)C4)cc2c1C#N)C(C)C. The van der Waals surface area contributed by atoms with Crippen LogP contribution in [0.5, 0.6) is 5.75 Å². The number of benzene rings is 2. The summed E-state index contributed by atoms with van der Waals surface area (Å²) in [5, 5.41) is 21.6. The number of carbonyl (C=O) groups is 1. The van der Waals surface area contributed by atoms with Crippen LogP contribution < -0.4 is 4.74 Å². The van der Waals surface area contributed by atoms with E-state index in [9.17, 15) is 15.2 Å². The predicted molar refractivity (Wildman–Crippen MR) is 130 cm³/mol. The molecule has 2 fully saturated rings. The van der Waals surface area contributed by atoms with Gasteiger partial charge in [-0.3, -0.25) is 9.69 Å². The van der Waals surface area contributed by atoms with E-state index in [4.69, 9.17) is 4.74 Å². The van der Waals surface area contributed by atoms with Gasteiger partial charge in [-0.05, 0) is 68.0 Å². The fraction of sp³-hybridized carbons (Fsp3) is 0.571. The Balaban J connectivity index is 1.67. The largest absolute Gasteiger partial charge is 0.489 e. The van der Waals surface area contributed by atoms with E-state index in [0.29, 0.717) is 29.3 Å². The highest BCUT2D eigenvalue weighted by molar-refractivity contribution is 5.90. The Kier molecular flexibility index (Phi) is 6.95. The van der Waals surface area contributed by atoms with E-state index in [2.05, 4.69) is 56.9 Å². The average molecular weight is 449 g/mol. The van der Waals surface area contributed by atoms with Gasteiger partial charge in [-0.25, -0.2) is 0 Å². The third-order valence-corrected chi connectivity index (χ3v) is 7.85. The summed E-state index contributed by atoms with van der Waals surface area (Å²) in [5.41, 5.74) is 1.78. The number of aliphatic carboxylic acids is 1. The molecular weight excluding hydrogens is 412 g/mol. The van der Waals surface area contributed by atoms with E-state index in [-0.39, 0.29) is 18.1 Å². The lowest BCUT2D eigenvalue weighted by atomic mass is 9.77. The van der Waals surface area contributed by atoms with Gasteiger partial charge in [-0.2, -0.15) is 5.26 Å². The molecule has 4 unspecified atom stereocenters. The van der Waals surface area contributed by atoms with Gasteiger partial charge in [0.1, 0.15) is 23.5 Å². The van der Waals surface area contributed by atoms with Crippen LogP contribution in [0.3, 0.4) is 0 Å². The average Bonchev–Trinajstić information content (AvgIpc) is 2.80. The maximum absolute atomic E-state index is 11.7. The van der Waals surface area contributed by atoms with Gasteiger partial charge in [-0.15, -0.1) is 0 Å². The molecule has 0 aromatic heterocycles. The number of nitrogens with zero attached hydrogens (tertiary/aromatic N) is 2. The van der Waals surface area contributed by atoms with E-state index in [1.807, 2.05) is 12.1 Å². The minimum Gasteiger partial charge on any atom is -0.489 e. The molecule has 2 aliphatic rings. The molecule has 0 radical (unpaired) electrons. The molecule has 2 bridgehead atoms. The second-order valence-electron chi connectivity index (χ2n) is 10.2. The van der Waals surface area contributed by atoms with Crippen molar-refractivity contribution in [1.82, 2.24) is 4.90 Å². The number of hydrogen-bond donors (Lipinski definition) is 1. The van der Waals surface area contributed by atoms with Crippen LogP contribution in [0, 0.1) is 23.2 Å². The molecule has 2 aromatic carbocycles. The standard InChI is InChI=1S/C28H36N2O3/c1-5-26(17(2)3)33-27-12-11-19-9-10-20(15-24(19)25(27)16-29)18(4)30-22-7-6-8-23(30)14-21(13-22)28(31)32/h9-12,15,17-18,21-23,26H,5-8,13-14H2,1-4H3,(H,31,32). The van der Waals surface area contributed by atoms with Crippen LogP contribution in [0.25, 0.3) is 10.8 Å². The summed E-state index contributed by atoms with van der Waals surface area (Å²) >= 11 is 0. The minimum absolute atomic E-state index is 0.0755. The molecule has 0 aliphatic carbocycles. The van der Waals surface area contributed by atoms with Crippen LogP contribution >= 0.6 is 0 Å². The molecule has 176 valence electrons. The third kappa shape index (κ3) is 4.59. The van der Waals surface area contributed by atoms with E-state index in [0.717, 1.165) is 42.9 Å². The Morgan fingerprint density at radius 1 is 1.18 bits per heavy atom. The molecule has 5 heteroatoms. The molecule has 0 amide bonds. The van der Waals surface area contributed by atoms with Crippen molar-refractivity contribution in [2.24, 2.45) is 11.8 Å². The number of fused-ring (bicyclic) bond motifs is 3. The van der Waals surface area contributed by atoms with Crippen molar-refractivity contribution in [3.05, 3.63) is 41.5 Å². The summed E-state index contributed by atoms with van der Waals surface area (Å²) in [6, 6.07) is 13.6. The summed E-state index contributed by atoms with van der Waals surface area (Å²) in [4.78, 5) is 14.2. The van der Waals surface area contributed by atoms with Crippen molar-refractivity contribution in [3.63, 3.8) is 0 Å². The van der Waals surface area contributed by atoms with Gasteiger partial charge in [0, 0.05) is 23.5 Å². The summed E-state index contributed by atoms with van der Waals surface area (Å²) in [6.07, 6.45) is 5.74. The Labute approximate surface area is 197 Å². The number of hydrogen-bond acceptors (Lipinski definition) is 4. The molecule has 0 spiro atoms. The first-order chi connectivity index (χ1) is 15.8. The Bertz CT molecular complexity index is 1040. The quantitative estimate of drug-likeness (QED) is 0.538. The second-order valence-corrected chi connectivity index (χ2v) is 10.2. The van der Waals surface area contributed by atoms with Crippen molar-refractivity contribution in [2.75, 3.05) is 0 Å². The maximum Gasteiger partial charge on any atom is 0.306 e. The van der Waals surface area contributed by atoms with Crippen molar-refractivity contribution in [3.8, 4) is 11.8 Å². The molecule has 33 heavy (non-hydrogen) atoms. The molecule has 2 aliphatic heterocycles. The van der Waals surface area contributed by atoms with Gasteiger partial charge in [0.2, 0.25) is 0 Å². The van der Waals surface area contributed by atoms with Gasteiger partial charge in [0.25, 0.3) is 0 Å². The lowest BCUT2D eigenvalue weighted by Crippen LogP contribution is -2.53. The monoisotopic (exact) mass is 448 g/mol. The summed E-state index contributed by atoms with van der Waals surface area (Å²) in [5.74, 6) is 0.159. The van der Waals surface area contributed by atoms with E-state index in [1.54, 1.807) is 0 Å². The molecule has 0 saturated carbocycles. The molecule has 2 heterocycles. The highest BCUT2D eigenvalue weighted by Crippen LogP contribution is 2.43. The number of carboxylic acid groups (broad SMARTS) is 1. The zero-order valence-electron chi connectivity index (χ0n) is 20.3. The van der Waals surface area contributed by atoms with Crippen LogP contribution in [0.1, 0.15) is 83.4 Å². The van der Waals surface area contributed by atoms with Crippen LogP contribution in [-0.4, -0.2) is 34.2 Å². The lowest BCUT2D eigenvalue weighted by Gasteiger charge is -2.51.